The molecule has 7 heteroatoms. The summed E-state index contributed by atoms with van der Waals surface area (Å²) in [6.45, 7) is 9.65. The van der Waals surface area contributed by atoms with E-state index in [-0.39, 0.29) is 29.7 Å². The second-order valence-corrected chi connectivity index (χ2v) is 11.3. The normalized spacial score (nSPS) is 20.7. The first kappa shape index (κ1) is 25.3. The van der Waals surface area contributed by atoms with E-state index in [1.807, 2.05) is 25.7 Å². The number of amides is 2. The maximum atomic E-state index is 13.7. The van der Waals surface area contributed by atoms with Crippen LogP contribution >= 0.6 is 11.3 Å². The van der Waals surface area contributed by atoms with Crippen LogP contribution in [-0.4, -0.2) is 49.4 Å². The standard InChI is InChI=1S/C26H36N2O4S/c1-18-8-10-19(11-9-18)24(30)28(17-22(29)27-14-6-7-15-27)21-16-20(12-13-26(2,3)4)33-23(21)25(31)32-5/h16,18-19H,6-11,14-15,17H2,1-5H3. The highest BCUT2D eigenvalue weighted by molar-refractivity contribution is 7.15. The van der Waals surface area contributed by atoms with E-state index in [4.69, 9.17) is 4.74 Å². The van der Waals surface area contributed by atoms with Gasteiger partial charge in [-0.05, 0) is 71.3 Å². The van der Waals surface area contributed by atoms with E-state index >= 15 is 0 Å². The molecule has 0 unspecified atom stereocenters. The zero-order valence-electron chi connectivity index (χ0n) is 20.5. The van der Waals surface area contributed by atoms with Gasteiger partial charge in [-0.25, -0.2) is 4.79 Å². The Morgan fingerprint density at radius 2 is 1.79 bits per heavy atom. The molecule has 1 aliphatic carbocycles. The molecule has 2 amide bonds. The number of carbonyl (C=O) groups is 3. The lowest BCUT2D eigenvalue weighted by Crippen LogP contribution is -2.45. The van der Waals surface area contributed by atoms with Gasteiger partial charge in [-0.15, -0.1) is 11.3 Å². The third kappa shape index (κ3) is 6.60. The zero-order chi connectivity index (χ0) is 24.2. The molecule has 1 saturated heterocycles. The second kappa shape index (κ2) is 10.7. The summed E-state index contributed by atoms with van der Waals surface area (Å²) >= 11 is 1.22. The Kier molecular flexibility index (Phi) is 8.23. The van der Waals surface area contributed by atoms with Crippen LogP contribution in [0.5, 0.6) is 0 Å². The van der Waals surface area contributed by atoms with E-state index in [1.54, 1.807) is 6.07 Å². The number of hydrogen-bond donors (Lipinski definition) is 0. The van der Waals surface area contributed by atoms with Crippen molar-refractivity contribution in [3.8, 4) is 11.8 Å². The molecule has 0 spiro atoms. The first-order chi connectivity index (χ1) is 15.6. The number of thiophene rings is 1. The van der Waals surface area contributed by atoms with Crippen molar-refractivity contribution < 1.29 is 19.1 Å². The van der Waals surface area contributed by atoms with Gasteiger partial charge in [-0.1, -0.05) is 18.8 Å². The van der Waals surface area contributed by atoms with Crippen LogP contribution < -0.4 is 4.90 Å². The first-order valence-electron chi connectivity index (χ1n) is 11.9. The van der Waals surface area contributed by atoms with Crippen LogP contribution in [0, 0.1) is 29.1 Å². The molecule has 2 fully saturated rings. The van der Waals surface area contributed by atoms with Crippen molar-refractivity contribution in [1.29, 1.82) is 0 Å². The zero-order valence-corrected chi connectivity index (χ0v) is 21.3. The Morgan fingerprint density at radius 1 is 1.15 bits per heavy atom. The Bertz CT molecular complexity index is 936. The van der Waals surface area contributed by atoms with Crippen LogP contribution in [0.4, 0.5) is 5.69 Å². The number of esters is 1. The first-order valence-corrected chi connectivity index (χ1v) is 12.7. The van der Waals surface area contributed by atoms with Crippen molar-refractivity contribution in [3.05, 3.63) is 15.8 Å². The second-order valence-electron chi connectivity index (χ2n) is 10.3. The van der Waals surface area contributed by atoms with Crippen molar-refractivity contribution in [2.75, 3.05) is 31.6 Å². The Labute approximate surface area is 201 Å². The van der Waals surface area contributed by atoms with Crippen LogP contribution in [0.2, 0.25) is 0 Å². The van der Waals surface area contributed by atoms with E-state index < -0.39 is 5.97 Å². The van der Waals surface area contributed by atoms with E-state index in [1.165, 1.54) is 23.3 Å². The molecule has 0 atom stereocenters. The van der Waals surface area contributed by atoms with Crippen molar-refractivity contribution in [2.24, 2.45) is 17.3 Å². The molecule has 6 nitrogen and oxygen atoms in total. The molecule has 0 bridgehead atoms. The number of methoxy groups -OCH3 is 1. The molecule has 2 heterocycles. The fourth-order valence-corrected chi connectivity index (χ4v) is 5.28. The fourth-order valence-electron chi connectivity index (χ4n) is 4.34. The lowest BCUT2D eigenvalue weighted by Gasteiger charge is -2.31. The van der Waals surface area contributed by atoms with Gasteiger partial charge in [0.25, 0.3) is 0 Å². The van der Waals surface area contributed by atoms with Gasteiger partial charge >= 0.3 is 5.97 Å². The van der Waals surface area contributed by atoms with Gasteiger partial charge in [0, 0.05) is 24.4 Å². The summed E-state index contributed by atoms with van der Waals surface area (Å²) in [6, 6.07) is 1.77. The summed E-state index contributed by atoms with van der Waals surface area (Å²) in [6.07, 6.45) is 5.59. The van der Waals surface area contributed by atoms with Crippen LogP contribution in [0.3, 0.4) is 0 Å². The van der Waals surface area contributed by atoms with Gasteiger partial charge in [-0.3, -0.25) is 9.59 Å². The van der Waals surface area contributed by atoms with E-state index in [9.17, 15) is 14.4 Å². The topological polar surface area (TPSA) is 66.9 Å². The summed E-state index contributed by atoms with van der Waals surface area (Å²) in [5, 5.41) is 0. The molecule has 1 aliphatic heterocycles. The monoisotopic (exact) mass is 472 g/mol. The third-order valence-electron chi connectivity index (χ3n) is 6.32. The molecule has 1 saturated carbocycles. The molecule has 2 aliphatic rings. The highest BCUT2D eigenvalue weighted by Gasteiger charge is 2.34. The number of carbonyl (C=O) groups excluding carboxylic acids is 3. The fraction of sp³-hybridized carbons (Fsp3) is 0.654. The Morgan fingerprint density at radius 3 is 2.36 bits per heavy atom. The maximum absolute atomic E-state index is 13.7. The average molecular weight is 473 g/mol. The molecule has 3 rings (SSSR count). The number of rotatable bonds is 5. The van der Waals surface area contributed by atoms with Crippen molar-refractivity contribution >= 4 is 34.8 Å². The summed E-state index contributed by atoms with van der Waals surface area (Å²) in [5.41, 5.74) is 0.247. The number of anilines is 1. The van der Waals surface area contributed by atoms with Crippen LogP contribution in [0.15, 0.2) is 6.07 Å². The van der Waals surface area contributed by atoms with Crippen molar-refractivity contribution in [3.63, 3.8) is 0 Å². The SMILES string of the molecule is COC(=O)c1sc(C#CC(C)(C)C)cc1N(CC(=O)N1CCCC1)C(=O)C1CCC(C)CC1. The lowest BCUT2D eigenvalue weighted by molar-refractivity contribution is -0.131. The molecule has 180 valence electrons. The molecule has 0 radical (unpaired) electrons. The molecule has 0 aromatic carbocycles. The smallest absolute Gasteiger partial charge is 0.350 e. The summed E-state index contributed by atoms with van der Waals surface area (Å²) in [5.74, 6) is 6.14. The van der Waals surface area contributed by atoms with E-state index in [0.29, 0.717) is 21.4 Å². The molecule has 0 N–H and O–H groups in total. The molecule has 1 aromatic rings. The van der Waals surface area contributed by atoms with Gasteiger partial charge in [0.1, 0.15) is 11.4 Å². The van der Waals surface area contributed by atoms with Gasteiger partial charge < -0.3 is 14.5 Å². The number of ether oxygens (including phenoxy) is 1. The molecule has 1 aromatic heterocycles. The molecular weight excluding hydrogens is 436 g/mol. The van der Waals surface area contributed by atoms with Crippen molar-refractivity contribution in [2.45, 2.75) is 66.2 Å². The third-order valence-corrected chi connectivity index (χ3v) is 7.34. The summed E-state index contributed by atoms with van der Waals surface area (Å²) in [4.78, 5) is 43.8. The van der Waals surface area contributed by atoms with Gasteiger partial charge in [-0.2, -0.15) is 0 Å². The van der Waals surface area contributed by atoms with E-state index in [0.717, 1.165) is 51.6 Å². The quantitative estimate of drug-likeness (QED) is 0.460. The van der Waals surface area contributed by atoms with Gasteiger partial charge in [0.15, 0.2) is 0 Å². The highest BCUT2D eigenvalue weighted by atomic mass is 32.1. The summed E-state index contributed by atoms with van der Waals surface area (Å²) in [7, 11) is 1.33. The van der Waals surface area contributed by atoms with Crippen LogP contribution in [-0.2, 0) is 14.3 Å². The molecule has 33 heavy (non-hydrogen) atoms. The molecular formula is C26H36N2O4S. The largest absolute Gasteiger partial charge is 0.465 e. The highest BCUT2D eigenvalue weighted by Crippen LogP contribution is 2.35. The number of hydrogen-bond acceptors (Lipinski definition) is 5. The minimum atomic E-state index is -0.512. The summed E-state index contributed by atoms with van der Waals surface area (Å²) < 4.78 is 5.02. The lowest BCUT2D eigenvalue weighted by atomic mass is 9.82. The van der Waals surface area contributed by atoms with Gasteiger partial charge in [0.2, 0.25) is 11.8 Å². The predicted molar refractivity (Wildman–Crippen MR) is 131 cm³/mol. The van der Waals surface area contributed by atoms with E-state index in [2.05, 4.69) is 18.8 Å². The van der Waals surface area contributed by atoms with Crippen LogP contribution in [0.25, 0.3) is 0 Å². The van der Waals surface area contributed by atoms with Gasteiger partial charge in [0.05, 0.1) is 17.7 Å². The average Bonchev–Trinajstić information content (AvgIpc) is 3.45. The minimum absolute atomic E-state index is 0.0578. The van der Waals surface area contributed by atoms with Crippen LogP contribution in [0.1, 0.15) is 80.8 Å². The number of likely N-dealkylation sites (tertiary alicyclic amines) is 1. The maximum Gasteiger partial charge on any atom is 0.350 e. The van der Waals surface area contributed by atoms with Crippen molar-refractivity contribution in [1.82, 2.24) is 4.90 Å². The predicted octanol–water partition coefficient (Wildman–Crippen LogP) is 4.71. The Hall–Kier alpha value is -2.33. The number of nitrogens with zero attached hydrogens (tertiary/aromatic N) is 2. The minimum Gasteiger partial charge on any atom is -0.465 e. The Balaban J connectivity index is 1.99.